The minimum atomic E-state index is -4.63. The number of fused-ring (bicyclic) bond motifs is 3. The highest BCUT2D eigenvalue weighted by atomic mass is 79.9. The quantitative estimate of drug-likeness (QED) is 0.201. The van der Waals surface area contributed by atoms with Crippen molar-refractivity contribution in [3.05, 3.63) is 112 Å². The number of amides is 2. The number of rotatable bonds is 5. The van der Waals surface area contributed by atoms with Gasteiger partial charge in [-0.3, -0.25) is 14.5 Å². The normalized spacial score (nSPS) is 19.4. The predicted molar refractivity (Wildman–Crippen MR) is 172 cm³/mol. The minimum Gasteiger partial charge on any atom is -0.334 e. The number of hydrogen-bond acceptors (Lipinski definition) is 5. The van der Waals surface area contributed by atoms with Gasteiger partial charge in [0, 0.05) is 47.2 Å². The van der Waals surface area contributed by atoms with Gasteiger partial charge in [-0.05, 0) is 61.4 Å². The summed E-state index contributed by atoms with van der Waals surface area (Å²) in [7, 11) is 1.81. The molecule has 0 spiro atoms. The maximum atomic E-state index is 14.5. The third-order valence-corrected chi connectivity index (χ3v) is 9.68. The largest absolute Gasteiger partial charge is 0.417 e. The molecular weight excluding hydrogens is 675 g/mol. The van der Waals surface area contributed by atoms with Gasteiger partial charge in [0.05, 0.1) is 29.4 Å². The fourth-order valence-electron chi connectivity index (χ4n) is 6.66. The highest BCUT2D eigenvalue weighted by Gasteiger charge is 2.48. The molecule has 0 N–H and O–H groups in total. The van der Waals surface area contributed by atoms with Gasteiger partial charge < -0.3 is 4.90 Å². The van der Waals surface area contributed by atoms with Gasteiger partial charge >= 0.3 is 6.18 Å². The van der Waals surface area contributed by atoms with Crippen molar-refractivity contribution < 1.29 is 22.8 Å². The number of benzene rings is 3. The van der Waals surface area contributed by atoms with Crippen molar-refractivity contribution in [2.45, 2.75) is 38.0 Å². The molecule has 4 heterocycles. The van der Waals surface area contributed by atoms with Crippen LogP contribution in [-0.2, 0) is 24.4 Å². The molecule has 9 nitrogen and oxygen atoms in total. The molecule has 240 valence electrons. The number of anilines is 2. The van der Waals surface area contributed by atoms with Gasteiger partial charge in [0.25, 0.3) is 5.91 Å². The lowest BCUT2D eigenvalue weighted by atomic mass is 9.84. The summed E-state index contributed by atoms with van der Waals surface area (Å²) in [6.45, 7) is 1.94. The van der Waals surface area contributed by atoms with Crippen LogP contribution in [0.5, 0.6) is 0 Å². The first-order chi connectivity index (χ1) is 22.5. The molecule has 1 fully saturated rings. The van der Waals surface area contributed by atoms with E-state index in [0.29, 0.717) is 30.2 Å². The van der Waals surface area contributed by atoms with E-state index in [4.69, 9.17) is 5.10 Å². The first-order valence-corrected chi connectivity index (χ1v) is 15.9. The molecule has 7 rings (SSSR count). The monoisotopic (exact) mass is 703 g/mol. The summed E-state index contributed by atoms with van der Waals surface area (Å²) in [6, 6.07) is 20.0. The minimum absolute atomic E-state index is 0.0666. The molecule has 2 unspecified atom stereocenters. The third kappa shape index (κ3) is 5.52. The second-order valence-electron chi connectivity index (χ2n) is 11.9. The first-order valence-electron chi connectivity index (χ1n) is 15.1. The molecule has 0 radical (unpaired) electrons. The summed E-state index contributed by atoms with van der Waals surface area (Å²) < 4.78 is 44.4. The van der Waals surface area contributed by atoms with Crippen molar-refractivity contribution in [3.8, 4) is 11.4 Å². The predicted octanol–water partition coefficient (Wildman–Crippen LogP) is 6.82. The van der Waals surface area contributed by atoms with E-state index in [0.717, 1.165) is 22.8 Å². The van der Waals surface area contributed by atoms with Crippen LogP contribution < -0.4 is 4.90 Å². The molecule has 2 aromatic heterocycles. The molecule has 3 aromatic carbocycles. The number of carbonyl (C=O) groups is 2. The molecular formula is C34H29BrF3N7O2. The molecule has 5 aromatic rings. The zero-order valence-electron chi connectivity index (χ0n) is 25.4. The van der Waals surface area contributed by atoms with Crippen molar-refractivity contribution in [2.24, 2.45) is 13.0 Å². The average molecular weight is 705 g/mol. The number of hydrogen-bond donors (Lipinski definition) is 0. The van der Waals surface area contributed by atoms with Crippen LogP contribution in [0.4, 0.5) is 24.7 Å². The third-order valence-electron chi connectivity index (χ3n) is 8.99. The molecule has 13 heteroatoms. The van der Waals surface area contributed by atoms with Gasteiger partial charge in [-0.15, -0.1) is 0 Å². The SMILES string of the molecule is C[C@H]1CC2C(=O)N(c3ccc(-c4ncnn4C)cc3)c3c(Cc4ccccc4)cnn3C2CN1C(=O)c1ccc(Br)c(C(F)(F)F)c1. The lowest BCUT2D eigenvalue weighted by molar-refractivity contribution is -0.138. The molecule has 0 aliphatic carbocycles. The van der Waals surface area contributed by atoms with E-state index in [1.807, 2.05) is 73.3 Å². The standard InChI is InChI=1S/C34H29BrF3N7O2/c1-20-14-26-29(18-43(20)32(46)23-10-13-28(35)27(16-23)34(36,37)38)45-31(24(17-40-45)15-21-6-4-3-5-7-21)44(33(26)47)25-11-8-22(9-12-25)30-39-19-41-42(30)2/h3-13,16-17,19-20,26,29H,14-15,18H2,1-2H3/t20-,26?,29?/m0/s1. The Morgan fingerprint density at radius 3 is 2.45 bits per heavy atom. The maximum Gasteiger partial charge on any atom is 0.417 e. The number of alkyl halides is 3. The number of aryl methyl sites for hydroxylation is 1. The van der Waals surface area contributed by atoms with E-state index in [1.54, 1.807) is 20.7 Å². The van der Waals surface area contributed by atoms with Crippen molar-refractivity contribution in [2.75, 3.05) is 11.4 Å². The Hall–Kier alpha value is -4.78. The summed E-state index contributed by atoms with van der Waals surface area (Å²) >= 11 is 2.96. The van der Waals surface area contributed by atoms with Crippen LogP contribution in [0.3, 0.4) is 0 Å². The second kappa shape index (κ2) is 11.8. The van der Waals surface area contributed by atoms with Crippen molar-refractivity contribution in [1.82, 2.24) is 29.4 Å². The molecule has 2 aliphatic rings. The molecule has 1 saturated heterocycles. The van der Waals surface area contributed by atoms with Gasteiger partial charge in [0.15, 0.2) is 5.82 Å². The zero-order valence-corrected chi connectivity index (χ0v) is 27.0. The van der Waals surface area contributed by atoms with E-state index in [9.17, 15) is 22.8 Å². The lowest BCUT2D eigenvalue weighted by Gasteiger charge is -2.47. The Balaban J connectivity index is 1.27. The molecule has 0 saturated carbocycles. The van der Waals surface area contributed by atoms with Crippen LogP contribution in [0.25, 0.3) is 11.4 Å². The number of nitrogens with zero attached hydrogens (tertiary/aromatic N) is 7. The van der Waals surface area contributed by atoms with E-state index in [1.165, 1.54) is 18.5 Å². The number of aromatic nitrogens is 5. The summed E-state index contributed by atoms with van der Waals surface area (Å²) in [6.07, 6.45) is -0.548. The van der Waals surface area contributed by atoms with Gasteiger partial charge in [0.1, 0.15) is 12.1 Å². The topological polar surface area (TPSA) is 89.2 Å². The van der Waals surface area contributed by atoms with Crippen molar-refractivity contribution in [1.29, 1.82) is 0 Å². The Morgan fingerprint density at radius 2 is 1.77 bits per heavy atom. The van der Waals surface area contributed by atoms with Crippen LogP contribution in [0.15, 0.2) is 89.8 Å². The first kappa shape index (κ1) is 30.9. The van der Waals surface area contributed by atoms with Gasteiger partial charge in [-0.2, -0.15) is 23.4 Å². The smallest absolute Gasteiger partial charge is 0.334 e. The lowest BCUT2D eigenvalue weighted by Crippen LogP contribution is -2.56. The van der Waals surface area contributed by atoms with Crippen molar-refractivity contribution in [3.63, 3.8) is 0 Å². The van der Waals surface area contributed by atoms with Crippen LogP contribution in [0.2, 0.25) is 0 Å². The molecule has 47 heavy (non-hydrogen) atoms. The zero-order chi connectivity index (χ0) is 33.0. The van der Waals surface area contributed by atoms with Gasteiger partial charge in [-0.1, -0.05) is 46.3 Å². The highest BCUT2D eigenvalue weighted by molar-refractivity contribution is 9.10. The van der Waals surface area contributed by atoms with Crippen LogP contribution in [0, 0.1) is 5.92 Å². The number of halogens is 4. The van der Waals surface area contributed by atoms with Crippen molar-refractivity contribution >= 4 is 39.2 Å². The molecule has 2 amide bonds. The van der Waals surface area contributed by atoms with Gasteiger partial charge in [0.2, 0.25) is 5.91 Å². The maximum absolute atomic E-state index is 14.5. The van der Waals surface area contributed by atoms with Crippen LogP contribution in [0.1, 0.15) is 46.4 Å². The van der Waals surface area contributed by atoms with E-state index in [-0.39, 0.29) is 22.5 Å². The Morgan fingerprint density at radius 1 is 1.02 bits per heavy atom. The molecule has 3 atom stereocenters. The Bertz CT molecular complexity index is 1970. The molecule has 2 aliphatic heterocycles. The summed E-state index contributed by atoms with van der Waals surface area (Å²) in [4.78, 5) is 35.9. The van der Waals surface area contributed by atoms with Crippen LogP contribution in [-0.4, -0.2) is 53.8 Å². The van der Waals surface area contributed by atoms with Crippen LogP contribution >= 0.6 is 15.9 Å². The fraction of sp³-hybridized carbons (Fsp3) is 0.265. The summed E-state index contributed by atoms with van der Waals surface area (Å²) in [5.74, 6) is 0.138. The summed E-state index contributed by atoms with van der Waals surface area (Å²) in [5, 5.41) is 8.92. The Kier molecular flexibility index (Phi) is 7.74. The number of likely N-dealkylation sites (tertiary alicyclic amines) is 1. The average Bonchev–Trinajstić information content (AvgIpc) is 3.67. The van der Waals surface area contributed by atoms with E-state index in [2.05, 4.69) is 26.0 Å². The number of carbonyl (C=O) groups excluding carboxylic acids is 2. The fourth-order valence-corrected chi connectivity index (χ4v) is 7.13. The highest BCUT2D eigenvalue weighted by Crippen LogP contribution is 2.45. The molecule has 0 bridgehead atoms. The second-order valence-corrected chi connectivity index (χ2v) is 12.8. The Labute approximate surface area is 276 Å². The number of piperidine rings is 1. The van der Waals surface area contributed by atoms with Gasteiger partial charge in [-0.25, -0.2) is 14.3 Å². The summed E-state index contributed by atoms with van der Waals surface area (Å²) in [5.41, 5.74) is 2.40. The van der Waals surface area contributed by atoms with E-state index < -0.39 is 35.6 Å². The van der Waals surface area contributed by atoms with E-state index >= 15 is 0 Å².